The summed E-state index contributed by atoms with van der Waals surface area (Å²) < 4.78 is 19.6. The number of nitrogens with zero attached hydrogens (tertiary/aromatic N) is 1. The Hall–Kier alpha value is -0.980. The molecule has 2 aliphatic rings. The number of halogens is 2. The lowest BCUT2D eigenvalue weighted by Crippen LogP contribution is -2.50. The molecule has 2 unspecified atom stereocenters. The SMILES string of the molecule is O=C(NCC1CN2CCCC2CO1)c1cc(F)cc(Br)c1. The highest BCUT2D eigenvalue weighted by Gasteiger charge is 2.32. The normalized spacial score (nSPS) is 25.6. The summed E-state index contributed by atoms with van der Waals surface area (Å²) in [6.07, 6.45) is 2.45. The molecule has 0 aromatic heterocycles. The fourth-order valence-electron chi connectivity index (χ4n) is 3.00. The molecule has 2 aliphatic heterocycles. The summed E-state index contributed by atoms with van der Waals surface area (Å²) in [5.74, 6) is -0.703. The third kappa shape index (κ3) is 3.62. The zero-order valence-corrected chi connectivity index (χ0v) is 13.2. The van der Waals surface area contributed by atoms with Crippen LogP contribution in [-0.4, -0.2) is 49.2 Å². The Bertz CT molecular complexity index is 520. The van der Waals surface area contributed by atoms with Crippen LogP contribution in [0.2, 0.25) is 0 Å². The van der Waals surface area contributed by atoms with E-state index in [1.54, 1.807) is 6.07 Å². The fourth-order valence-corrected chi connectivity index (χ4v) is 3.47. The minimum absolute atomic E-state index is 0.0142. The molecule has 1 aromatic carbocycles. The Kier molecular flexibility index (Phi) is 4.57. The van der Waals surface area contributed by atoms with Gasteiger partial charge in [-0.25, -0.2) is 4.39 Å². The molecule has 1 aromatic rings. The maximum Gasteiger partial charge on any atom is 0.251 e. The second-order valence-electron chi connectivity index (χ2n) is 5.61. The van der Waals surface area contributed by atoms with E-state index in [2.05, 4.69) is 26.1 Å². The number of amides is 1. The molecule has 0 aliphatic carbocycles. The van der Waals surface area contributed by atoms with Gasteiger partial charge in [-0.15, -0.1) is 0 Å². The van der Waals surface area contributed by atoms with E-state index in [9.17, 15) is 9.18 Å². The van der Waals surface area contributed by atoms with Gasteiger partial charge in [0.15, 0.2) is 0 Å². The van der Waals surface area contributed by atoms with Crippen LogP contribution in [-0.2, 0) is 4.74 Å². The zero-order valence-electron chi connectivity index (χ0n) is 11.6. The second kappa shape index (κ2) is 6.42. The summed E-state index contributed by atoms with van der Waals surface area (Å²) >= 11 is 3.19. The molecule has 4 nitrogen and oxygen atoms in total. The lowest BCUT2D eigenvalue weighted by atomic mass is 10.1. The van der Waals surface area contributed by atoms with Crippen LogP contribution in [0.25, 0.3) is 0 Å². The third-order valence-electron chi connectivity index (χ3n) is 4.08. The van der Waals surface area contributed by atoms with Crippen molar-refractivity contribution in [3.05, 3.63) is 34.1 Å². The average Bonchev–Trinajstić information content (AvgIpc) is 2.91. The largest absolute Gasteiger partial charge is 0.373 e. The number of fused-ring (bicyclic) bond motifs is 1. The first-order valence-electron chi connectivity index (χ1n) is 7.22. The van der Waals surface area contributed by atoms with Crippen LogP contribution >= 0.6 is 15.9 Å². The summed E-state index contributed by atoms with van der Waals surface area (Å²) in [6, 6.07) is 4.72. The highest BCUT2D eigenvalue weighted by Crippen LogP contribution is 2.22. The van der Waals surface area contributed by atoms with Crippen LogP contribution in [0.5, 0.6) is 0 Å². The van der Waals surface area contributed by atoms with Gasteiger partial charge in [0.1, 0.15) is 5.82 Å². The van der Waals surface area contributed by atoms with Gasteiger partial charge in [-0.3, -0.25) is 9.69 Å². The van der Waals surface area contributed by atoms with E-state index < -0.39 is 5.82 Å². The summed E-state index contributed by atoms with van der Waals surface area (Å²) in [4.78, 5) is 14.5. The number of benzene rings is 1. The Morgan fingerprint density at radius 1 is 1.48 bits per heavy atom. The van der Waals surface area contributed by atoms with E-state index in [0.717, 1.165) is 19.7 Å². The first-order chi connectivity index (χ1) is 10.1. The first-order valence-corrected chi connectivity index (χ1v) is 8.01. The van der Waals surface area contributed by atoms with Crippen molar-refractivity contribution in [2.75, 3.05) is 26.2 Å². The first kappa shape index (κ1) is 14.9. The van der Waals surface area contributed by atoms with E-state index in [1.807, 2.05) is 0 Å². The van der Waals surface area contributed by atoms with Gasteiger partial charge in [0.05, 0.1) is 12.7 Å². The van der Waals surface area contributed by atoms with Gasteiger partial charge in [0.2, 0.25) is 0 Å². The lowest BCUT2D eigenvalue weighted by Gasteiger charge is -2.35. The second-order valence-corrected chi connectivity index (χ2v) is 6.53. The van der Waals surface area contributed by atoms with Crippen molar-refractivity contribution in [3.63, 3.8) is 0 Å². The summed E-state index contributed by atoms with van der Waals surface area (Å²) in [6.45, 7) is 3.18. The predicted molar refractivity (Wildman–Crippen MR) is 80.8 cm³/mol. The van der Waals surface area contributed by atoms with Crippen LogP contribution in [0, 0.1) is 5.82 Å². The Morgan fingerprint density at radius 2 is 2.33 bits per heavy atom. The molecular weight excluding hydrogens is 339 g/mol. The number of ether oxygens (including phenoxy) is 1. The smallest absolute Gasteiger partial charge is 0.251 e. The monoisotopic (exact) mass is 356 g/mol. The molecule has 0 saturated carbocycles. The minimum atomic E-state index is -0.427. The molecule has 2 saturated heterocycles. The van der Waals surface area contributed by atoms with Crippen LogP contribution in [0.3, 0.4) is 0 Å². The molecule has 0 spiro atoms. The van der Waals surface area contributed by atoms with Crippen LogP contribution in [0.4, 0.5) is 4.39 Å². The van der Waals surface area contributed by atoms with Gasteiger partial charge < -0.3 is 10.1 Å². The molecule has 0 bridgehead atoms. The van der Waals surface area contributed by atoms with Crippen molar-refractivity contribution in [3.8, 4) is 0 Å². The quantitative estimate of drug-likeness (QED) is 0.902. The predicted octanol–water partition coefficient (Wildman–Crippen LogP) is 2.18. The molecule has 114 valence electrons. The van der Waals surface area contributed by atoms with Crippen LogP contribution in [0.1, 0.15) is 23.2 Å². The number of morpholine rings is 1. The molecule has 2 fully saturated rings. The topological polar surface area (TPSA) is 41.6 Å². The van der Waals surface area contributed by atoms with Crippen LogP contribution in [0.15, 0.2) is 22.7 Å². The highest BCUT2D eigenvalue weighted by atomic mass is 79.9. The summed E-state index contributed by atoms with van der Waals surface area (Å²) in [5.41, 5.74) is 0.316. The molecule has 0 radical (unpaired) electrons. The van der Waals surface area contributed by atoms with Crippen molar-refractivity contribution in [1.82, 2.24) is 10.2 Å². The molecule has 1 amide bonds. The number of nitrogens with one attached hydrogen (secondary N) is 1. The molecule has 1 N–H and O–H groups in total. The van der Waals surface area contributed by atoms with Gasteiger partial charge in [-0.1, -0.05) is 15.9 Å². The van der Waals surface area contributed by atoms with E-state index in [0.29, 0.717) is 22.6 Å². The maximum atomic E-state index is 13.3. The number of carbonyl (C=O) groups is 1. The number of hydrogen-bond acceptors (Lipinski definition) is 3. The van der Waals surface area contributed by atoms with Crippen molar-refractivity contribution in [2.45, 2.75) is 25.0 Å². The van der Waals surface area contributed by atoms with Gasteiger partial charge in [-0.2, -0.15) is 0 Å². The van der Waals surface area contributed by atoms with Crippen molar-refractivity contribution >= 4 is 21.8 Å². The van der Waals surface area contributed by atoms with Gasteiger partial charge in [0.25, 0.3) is 5.91 Å². The van der Waals surface area contributed by atoms with Crippen molar-refractivity contribution in [1.29, 1.82) is 0 Å². The number of carbonyl (C=O) groups excluding carboxylic acids is 1. The standard InChI is InChI=1S/C15H18BrFN2O2/c16-11-4-10(5-12(17)6-11)15(20)18-7-14-8-19-3-1-2-13(19)9-21-14/h4-6,13-14H,1-3,7-9H2,(H,18,20). The van der Waals surface area contributed by atoms with E-state index in [1.165, 1.54) is 25.0 Å². The average molecular weight is 357 g/mol. The molecule has 21 heavy (non-hydrogen) atoms. The summed E-state index contributed by atoms with van der Waals surface area (Å²) in [5, 5.41) is 2.82. The number of rotatable bonds is 3. The third-order valence-corrected chi connectivity index (χ3v) is 4.53. The van der Waals surface area contributed by atoms with Gasteiger partial charge in [-0.05, 0) is 37.6 Å². The molecule has 3 rings (SSSR count). The maximum absolute atomic E-state index is 13.3. The molecule has 6 heteroatoms. The van der Waals surface area contributed by atoms with Crippen LogP contribution < -0.4 is 5.32 Å². The van der Waals surface area contributed by atoms with Gasteiger partial charge >= 0.3 is 0 Å². The van der Waals surface area contributed by atoms with Crippen molar-refractivity contribution < 1.29 is 13.9 Å². The van der Waals surface area contributed by atoms with E-state index >= 15 is 0 Å². The Labute approximate surface area is 131 Å². The molecule has 2 heterocycles. The lowest BCUT2D eigenvalue weighted by molar-refractivity contribution is -0.0461. The zero-order chi connectivity index (χ0) is 14.8. The minimum Gasteiger partial charge on any atom is -0.373 e. The molecular formula is C15H18BrFN2O2. The molecule has 2 atom stereocenters. The fraction of sp³-hybridized carbons (Fsp3) is 0.533. The Morgan fingerprint density at radius 3 is 3.14 bits per heavy atom. The number of hydrogen-bond donors (Lipinski definition) is 1. The highest BCUT2D eigenvalue weighted by molar-refractivity contribution is 9.10. The summed E-state index contributed by atoms with van der Waals surface area (Å²) in [7, 11) is 0. The van der Waals surface area contributed by atoms with Crippen molar-refractivity contribution in [2.24, 2.45) is 0 Å². The van der Waals surface area contributed by atoms with E-state index in [-0.39, 0.29) is 12.0 Å². The van der Waals surface area contributed by atoms with Gasteiger partial charge in [0, 0.05) is 29.2 Å². The van der Waals surface area contributed by atoms with E-state index in [4.69, 9.17) is 4.74 Å². The Balaban J connectivity index is 1.53.